The normalized spacial score (nSPS) is 16.2. The van der Waals surface area contributed by atoms with Gasteiger partial charge in [0.25, 0.3) is 0 Å². The van der Waals surface area contributed by atoms with E-state index < -0.39 is 0 Å². The lowest BCUT2D eigenvalue weighted by Crippen LogP contribution is -2.43. The second kappa shape index (κ2) is 15.2. The van der Waals surface area contributed by atoms with Crippen LogP contribution in [0.2, 0.25) is 0 Å². The summed E-state index contributed by atoms with van der Waals surface area (Å²) in [7, 11) is 0. The first-order valence-electron chi connectivity index (χ1n) is 14.3. The number of benzene rings is 1. The minimum atomic E-state index is 0.226. The Morgan fingerprint density at radius 1 is 1.08 bits per heavy atom. The van der Waals surface area contributed by atoms with Gasteiger partial charge in [-0.1, -0.05) is 95.9 Å². The summed E-state index contributed by atoms with van der Waals surface area (Å²) in [5.74, 6) is 1.41. The zero-order valence-corrected chi connectivity index (χ0v) is 24.0. The third-order valence-electron chi connectivity index (χ3n) is 7.18. The number of likely N-dealkylation sites (tertiary alicyclic amines) is 1. The standard InChI is InChI=1S/C32H52N2O2/c1-7-8-9-13-16-30(35)33-19-17-29(18-20-33)25-34(31(36)22-26(2)23-32(4,5)6)24-27(3)21-28-14-11-10-12-15-28/h10-12,14-15,21,26,29H,7-9,13,16-20,22-25H2,1-6H3/b27-21+. The molecule has 1 aliphatic rings. The highest BCUT2D eigenvalue weighted by molar-refractivity contribution is 5.77. The molecule has 1 heterocycles. The van der Waals surface area contributed by atoms with Gasteiger partial charge in [-0.25, -0.2) is 0 Å². The molecule has 0 N–H and O–H groups in total. The first kappa shape index (κ1) is 30.1. The third kappa shape index (κ3) is 11.8. The molecule has 1 fully saturated rings. The molecule has 2 amide bonds. The Morgan fingerprint density at radius 3 is 2.36 bits per heavy atom. The molecule has 1 saturated heterocycles. The van der Waals surface area contributed by atoms with Gasteiger partial charge in [-0.05, 0) is 55.4 Å². The van der Waals surface area contributed by atoms with Gasteiger partial charge in [0, 0.05) is 39.0 Å². The van der Waals surface area contributed by atoms with E-state index in [9.17, 15) is 9.59 Å². The summed E-state index contributed by atoms with van der Waals surface area (Å²) in [4.78, 5) is 30.2. The first-order chi connectivity index (χ1) is 17.1. The average molecular weight is 497 g/mol. The molecule has 4 heteroatoms. The van der Waals surface area contributed by atoms with Crippen molar-refractivity contribution < 1.29 is 9.59 Å². The Kier molecular flexibility index (Phi) is 12.7. The zero-order chi connectivity index (χ0) is 26.6. The molecule has 1 aromatic rings. The second-order valence-electron chi connectivity index (χ2n) is 12.4. The van der Waals surface area contributed by atoms with Gasteiger partial charge in [0.15, 0.2) is 0 Å². The van der Waals surface area contributed by atoms with Crippen LogP contribution in [0.15, 0.2) is 35.9 Å². The Labute approximate surface area is 221 Å². The van der Waals surface area contributed by atoms with E-state index in [1.54, 1.807) is 0 Å². The quantitative estimate of drug-likeness (QED) is 0.264. The van der Waals surface area contributed by atoms with E-state index in [1.165, 1.54) is 24.0 Å². The van der Waals surface area contributed by atoms with E-state index in [0.29, 0.717) is 37.1 Å². The van der Waals surface area contributed by atoms with Gasteiger partial charge in [0.2, 0.25) is 11.8 Å². The molecule has 36 heavy (non-hydrogen) atoms. The number of hydrogen-bond donors (Lipinski definition) is 0. The van der Waals surface area contributed by atoms with Crippen molar-refractivity contribution >= 4 is 17.9 Å². The first-order valence-corrected chi connectivity index (χ1v) is 14.3. The van der Waals surface area contributed by atoms with E-state index in [0.717, 1.165) is 51.7 Å². The largest absolute Gasteiger partial charge is 0.343 e. The van der Waals surface area contributed by atoms with Gasteiger partial charge < -0.3 is 9.80 Å². The van der Waals surface area contributed by atoms with Crippen LogP contribution in [0.5, 0.6) is 0 Å². The number of rotatable bonds is 13. The molecule has 0 spiro atoms. The highest BCUT2D eigenvalue weighted by Crippen LogP contribution is 2.27. The Morgan fingerprint density at radius 2 is 1.75 bits per heavy atom. The van der Waals surface area contributed by atoms with Crippen LogP contribution in [-0.4, -0.2) is 47.8 Å². The van der Waals surface area contributed by atoms with Gasteiger partial charge in [-0.2, -0.15) is 0 Å². The van der Waals surface area contributed by atoms with E-state index in [4.69, 9.17) is 0 Å². The molecule has 0 bridgehead atoms. The summed E-state index contributed by atoms with van der Waals surface area (Å²) in [6, 6.07) is 10.3. The van der Waals surface area contributed by atoms with Gasteiger partial charge in [-0.3, -0.25) is 9.59 Å². The van der Waals surface area contributed by atoms with Crippen LogP contribution in [0.1, 0.15) is 105 Å². The van der Waals surface area contributed by atoms with Crippen molar-refractivity contribution in [3.05, 3.63) is 41.5 Å². The molecule has 0 aromatic heterocycles. The van der Waals surface area contributed by atoms with Crippen LogP contribution < -0.4 is 0 Å². The van der Waals surface area contributed by atoms with E-state index in [2.05, 4.69) is 81.7 Å². The fraction of sp³-hybridized carbons (Fsp3) is 0.688. The van der Waals surface area contributed by atoms with Crippen LogP contribution in [0.25, 0.3) is 6.08 Å². The smallest absolute Gasteiger partial charge is 0.223 e. The van der Waals surface area contributed by atoms with Gasteiger partial charge in [-0.15, -0.1) is 0 Å². The van der Waals surface area contributed by atoms with Crippen LogP contribution >= 0.6 is 0 Å². The summed E-state index contributed by atoms with van der Waals surface area (Å²) >= 11 is 0. The molecule has 0 aliphatic carbocycles. The van der Waals surface area contributed by atoms with Crippen LogP contribution in [-0.2, 0) is 9.59 Å². The number of amides is 2. The van der Waals surface area contributed by atoms with E-state index in [-0.39, 0.29) is 11.3 Å². The predicted octanol–water partition coefficient (Wildman–Crippen LogP) is 7.59. The maximum absolute atomic E-state index is 13.5. The Balaban J connectivity index is 1.98. The molecular formula is C32H52N2O2. The minimum Gasteiger partial charge on any atom is -0.343 e. The average Bonchev–Trinajstić information content (AvgIpc) is 2.81. The number of carbonyl (C=O) groups excluding carboxylic acids is 2. The molecule has 1 aliphatic heterocycles. The summed E-state index contributed by atoms with van der Waals surface area (Å²) in [6.45, 7) is 16.4. The van der Waals surface area contributed by atoms with Crippen LogP contribution in [0.4, 0.5) is 0 Å². The molecule has 4 nitrogen and oxygen atoms in total. The maximum atomic E-state index is 13.5. The lowest BCUT2D eigenvalue weighted by atomic mass is 9.84. The number of unbranched alkanes of at least 4 members (excludes halogenated alkanes) is 3. The van der Waals surface area contributed by atoms with Crippen molar-refractivity contribution in [2.75, 3.05) is 26.2 Å². The minimum absolute atomic E-state index is 0.226. The van der Waals surface area contributed by atoms with Crippen LogP contribution in [0, 0.1) is 17.3 Å². The number of nitrogens with zero attached hydrogens (tertiary/aromatic N) is 2. The zero-order valence-electron chi connectivity index (χ0n) is 24.0. The molecule has 1 atom stereocenters. The van der Waals surface area contributed by atoms with Crippen molar-refractivity contribution in [1.82, 2.24) is 9.80 Å². The summed E-state index contributed by atoms with van der Waals surface area (Å²) in [5, 5.41) is 0. The van der Waals surface area contributed by atoms with E-state index >= 15 is 0 Å². The van der Waals surface area contributed by atoms with Gasteiger partial charge >= 0.3 is 0 Å². The molecule has 2 rings (SSSR count). The Bertz CT molecular complexity index is 816. The monoisotopic (exact) mass is 496 g/mol. The van der Waals surface area contributed by atoms with Gasteiger partial charge in [0.1, 0.15) is 0 Å². The molecule has 1 unspecified atom stereocenters. The maximum Gasteiger partial charge on any atom is 0.223 e. The van der Waals surface area contributed by atoms with Crippen molar-refractivity contribution in [2.45, 2.75) is 99.3 Å². The number of carbonyl (C=O) groups is 2. The molecule has 202 valence electrons. The lowest BCUT2D eigenvalue weighted by molar-refractivity contribution is -0.135. The molecule has 0 saturated carbocycles. The number of hydrogen-bond acceptors (Lipinski definition) is 2. The summed E-state index contributed by atoms with van der Waals surface area (Å²) < 4.78 is 0. The van der Waals surface area contributed by atoms with Crippen molar-refractivity contribution in [1.29, 1.82) is 0 Å². The van der Waals surface area contributed by atoms with Crippen LogP contribution in [0.3, 0.4) is 0 Å². The molecule has 1 aromatic carbocycles. The molecule has 0 radical (unpaired) electrons. The topological polar surface area (TPSA) is 40.6 Å². The number of piperidine rings is 1. The highest BCUT2D eigenvalue weighted by atomic mass is 16.2. The second-order valence-corrected chi connectivity index (χ2v) is 12.4. The lowest BCUT2D eigenvalue weighted by Gasteiger charge is -2.36. The van der Waals surface area contributed by atoms with E-state index in [1.807, 2.05) is 6.07 Å². The van der Waals surface area contributed by atoms with Gasteiger partial charge in [0.05, 0.1) is 0 Å². The highest BCUT2D eigenvalue weighted by Gasteiger charge is 2.27. The van der Waals surface area contributed by atoms with Crippen molar-refractivity contribution in [3.63, 3.8) is 0 Å². The summed E-state index contributed by atoms with van der Waals surface area (Å²) in [6.07, 6.45) is 11.1. The fourth-order valence-corrected chi connectivity index (χ4v) is 5.52. The fourth-order valence-electron chi connectivity index (χ4n) is 5.52. The third-order valence-corrected chi connectivity index (χ3v) is 7.18. The summed E-state index contributed by atoms with van der Waals surface area (Å²) in [5.41, 5.74) is 2.61. The predicted molar refractivity (Wildman–Crippen MR) is 153 cm³/mol. The molecular weight excluding hydrogens is 444 g/mol. The van der Waals surface area contributed by atoms with Crippen molar-refractivity contribution in [3.8, 4) is 0 Å². The Hall–Kier alpha value is -2.10. The van der Waals surface area contributed by atoms with Crippen molar-refractivity contribution in [2.24, 2.45) is 17.3 Å². The SMILES string of the molecule is CCCCCCC(=O)N1CCC(CN(C/C(C)=C/c2ccccc2)C(=O)CC(C)CC(C)(C)C)CC1.